The molecule has 0 aliphatic heterocycles. The van der Waals surface area contributed by atoms with Crippen LogP contribution in [0.3, 0.4) is 0 Å². The molecule has 1 amide bonds. The van der Waals surface area contributed by atoms with Crippen LogP contribution in [0.4, 0.5) is 5.69 Å². The molecule has 122 valence electrons. The minimum Gasteiger partial charge on any atom is -0.481 e. The summed E-state index contributed by atoms with van der Waals surface area (Å²) in [5.74, 6) is 0.470. The van der Waals surface area contributed by atoms with E-state index in [1.165, 1.54) is 0 Å². The van der Waals surface area contributed by atoms with Gasteiger partial charge in [-0.2, -0.15) is 0 Å². The number of fused-ring (bicyclic) bond motifs is 1. The predicted octanol–water partition coefficient (Wildman–Crippen LogP) is 5.21. The molecule has 0 aromatic heterocycles. The lowest BCUT2D eigenvalue weighted by Crippen LogP contribution is -2.30. The van der Waals surface area contributed by atoms with Crippen LogP contribution in [0.1, 0.15) is 12.5 Å². The Hall–Kier alpha value is -2.52. The first-order chi connectivity index (χ1) is 11.5. The predicted molar refractivity (Wildman–Crippen MR) is 98.9 cm³/mol. The summed E-state index contributed by atoms with van der Waals surface area (Å²) in [5, 5.41) is 5.73. The zero-order valence-electron chi connectivity index (χ0n) is 13.5. The maximum absolute atomic E-state index is 12.3. The lowest BCUT2D eigenvalue weighted by Gasteiger charge is -2.16. The molecule has 3 rings (SSSR count). The molecule has 1 atom stereocenters. The molecule has 3 aromatic rings. The van der Waals surface area contributed by atoms with Gasteiger partial charge >= 0.3 is 0 Å². The summed E-state index contributed by atoms with van der Waals surface area (Å²) in [7, 11) is 0. The Balaban J connectivity index is 1.70. The maximum atomic E-state index is 12.3. The van der Waals surface area contributed by atoms with Crippen molar-refractivity contribution >= 4 is 34.0 Å². The van der Waals surface area contributed by atoms with Crippen molar-refractivity contribution in [1.82, 2.24) is 0 Å². The van der Waals surface area contributed by atoms with Crippen LogP contribution in [0.25, 0.3) is 10.8 Å². The van der Waals surface area contributed by atoms with Crippen molar-refractivity contribution in [3.8, 4) is 5.75 Å². The second-order valence-electron chi connectivity index (χ2n) is 5.72. The molecule has 0 spiro atoms. The van der Waals surface area contributed by atoms with Crippen molar-refractivity contribution in [2.45, 2.75) is 20.0 Å². The molecule has 3 nitrogen and oxygen atoms in total. The van der Waals surface area contributed by atoms with Crippen molar-refractivity contribution in [2.75, 3.05) is 5.32 Å². The van der Waals surface area contributed by atoms with E-state index in [1.807, 2.05) is 55.5 Å². The summed E-state index contributed by atoms with van der Waals surface area (Å²) >= 11 is 5.93. The molecule has 0 aliphatic carbocycles. The molecule has 0 unspecified atom stereocenters. The zero-order valence-corrected chi connectivity index (χ0v) is 14.3. The van der Waals surface area contributed by atoms with Gasteiger partial charge in [-0.1, -0.05) is 41.9 Å². The van der Waals surface area contributed by atoms with E-state index in [1.54, 1.807) is 19.1 Å². The Kier molecular flexibility index (Phi) is 4.72. The number of nitrogens with one attached hydrogen (secondary N) is 1. The molecule has 24 heavy (non-hydrogen) atoms. The molecular formula is C20H18ClNO2. The molecule has 0 saturated carbocycles. The molecule has 1 N–H and O–H groups in total. The van der Waals surface area contributed by atoms with Crippen molar-refractivity contribution in [1.29, 1.82) is 0 Å². The maximum Gasteiger partial charge on any atom is 0.265 e. The van der Waals surface area contributed by atoms with Gasteiger partial charge in [0, 0.05) is 10.7 Å². The van der Waals surface area contributed by atoms with E-state index in [2.05, 4.69) is 5.32 Å². The third-order valence-electron chi connectivity index (χ3n) is 3.85. The Bertz CT molecular complexity index is 892. The number of hydrogen-bond acceptors (Lipinski definition) is 2. The first kappa shape index (κ1) is 16.3. The number of aryl methyl sites for hydroxylation is 1. The fraction of sp³-hybridized carbons (Fsp3) is 0.150. The average Bonchev–Trinajstić information content (AvgIpc) is 2.57. The van der Waals surface area contributed by atoms with E-state index < -0.39 is 6.10 Å². The van der Waals surface area contributed by atoms with Crippen molar-refractivity contribution in [2.24, 2.45) is 0 Å². The normalized spacial score (nSPS) is 12.0. The third kappa shape index (κ3) is 3.69. The van der Waals surface area contributed by atoms with Gasteiger partial charge in [0.05, 0.1) is 0 Å². The van der Waals surface area contributed by atoms with Gasteiger partial charge in [-0.15, -0.1) is 0 Å². The first-order valence-corrected chi connectivity index (χ1v) is 8.13. The van der Waals surface area contributed by atoms with Crippen LogP contribution in [0.2, 0.25) is 5.02 Å². The number of hydrogen-bond donors (Lipinski definition) is 1. The summed E-state index contributed by atoms with van der Waals surface area (Å²) in [6, 6.07) is 19.2. The van der Waals surface area contributed by atoms with Gasteiger partial charge in [0.25, 0.3) is 5.91 Å². The van der Waals surface area contributed by atoms with Gasteiger partial charge < -0.3 is 10.1 Å². The molecule has 3 aromatic carbocycles. The summed E-state index contributed by atoms with van der Waals surface area (Å²) in [6.07, 6.45) is -0.610. The summed E-state index contributed by atoms with van der Waals surface area (Å²) in [4.78, 5) is 12.3. The molecular weight excluding hydrogens is 322 g/mol. The van der Waals surface area contributed by atoms with Crippen molar-refractivity contribution in [3.63, 3.8) is 0 Å². The average molecular weight is 340 g/mol. The smallest absolute Gasteiger partial charge is 0.265 e. The van der Waals surface area contributed by atoms with Crippen LogP contribution >= 0.6 is 11.6 Å². The minimum atomic E-state index is -0.610. The largest absolute Gasteiger partial charge is 0.481 e. The summed E-state index contributed by atoms with van der Waals surface area (Å²) in [6.45, 7) is 3.63. The second kappa shape index (κ2) is 6.93. The first-order valence-electron chi connectivity index (χ1n) is 7.75. The Morgan fingerprint density at radius 1 is 1.04 bits per heavy atom. The van der Waals surface area contributed by atoms with E-state index in [9.17, 15) is 4.79 Å². The van der Waals surface area contributed by atoms with Crippen LogP contribution in [0, 0.1) is 6.92 Å². The number of carbonyl (C=O) groups excluding carboxylic acids is 1. The van der Waals surface area contributed by atoms with E-state index in [-0.39, 0.29) is 5.91 Å². The van der Waals surface area contributed by atoms with E-state index >= 15 is 0 Å². The van der Waals surface area contributed by atoms with Gasteiger partial charge in [-0.3, -0.25) is 4.79 Å². The molecule has 0 bridgehead atoms. The second-order valence-corrected chi connectivity index (χ2v) is 6.15. The Morgan fingerprint density at radius 2 is 1.79 bits per heavy atom. The number of carbonyl (C=O) groups is 1. The lowest BCUT2D eigenvalue weighted by molar-refractivity contribution is -0.122. The molecule has 0 aliphatic rings. The third-order valence-corrected chi connectivity index (χ3v) is 4.08. The number of ether oxygens (including phenoxy) is 1. The topological polar surface area (TPSA) is 38.3 Å². The van der Waals surface area contributed by atoms with Crippen molar-refractivity contribution in [3.05, 3.63) is 71.2 Å². The lowest BCUT2D eigenvalue weighted by atomic mass is 10.1. The monoisotopic (exact) mass is 339 g/mol. The zero-order chi connectivity index (χ0) is 17.1. The Labute approximate surface area is 146 Å². The minimum absolute atomic E-state index is 0.200. The molecule has 0 heterocycles. The molecule has 4 heteroatoms. The van der Waals surface area contributed by atoms with Gasteiger partial charge in [0.2, 0.25) is 0 Å². The van der Waals surface area contributed by atoms with Gasteiger partial charge in [0.1, 0.15) is 5.75 Å². The summed E-state index contributed by atoms with van der Waals surface area (Å²) in [5.41, 5.74) is 1.65. The molecule has 0 fully saturated rings. The van der Waals surface area contributed by atoms with Crippen LogP contribution in [-0.2, 0) is 4.79 Å². The highest BCUT2D eigenvalue weighted by Gasteiger charge is 2.16. The van der Waals surface area contributed by atoms with Gasteiger partial charge in [-0.25, -0.2) is 0 Å². The molecule has 0 radical (unpaired) electrons. The van der Waals surface area contributed by atoms with Crippen LogP contribution < -0.4 is 10.1 Å². The fourth-order valence-corrected chi connectivity index (χ4v) is 2.73. The van der Waals surface area contributed by atoms with E-state index in [0.29, 0.717) is 10.8 Å². The number of anilines is 1. The van der Waals surface area contributed by atoms with E-state index in [4.69, 9.17) is 16.3 Å². The standard InChI is InChI=1S/C20H18ClNO2/c1-13-11-17(21)8-10-19(13)22-20(23)14(2)24-18-9-7-15-5-3-4-6-16(15)12-18/h3-12,14H,1-2H3,(H,22,23)/t14-/m1/s1. The van der Waals surface area contributed by atoms with Crippen LogP contribution in [-0.4, -0.2) is 12.0 Å². The number of benzene rings is 3. The van der Waals surface area contributed by atoms with Crippen molar-refractivity contribution < 1.29 is 9.53 Å². The highest BCUT2D eigenvalue weighted by molar-refractivity contribution is 6.30. The summed E-state index contributed by atoms with van der Waals surface area (Å²) < 4.78 is 5.78. The number of rotatable bonds is 4. The van der Waals surface area contributed by atoms with Crippen LogP contribution in [0.5, 0.6) is 5.75 Å². The van der Waals surface area contributed by atoms with Crippen LogP contribution in [0.15, 0.2) is 60.7 Å². The Morgan fingerprint density at radius 3 is 2.54 bits per heavy atom. The van der Waals surface area contributed by atoms with Gasteiger partial charge in [-0.05, 0) is 60.5 Å². The van der Waals surface area contributed by atoms with E-state index in [0.717, 1.165) is 22.0 Å². The quantitative estimate of drug-likeness (QED) is 0.708. The fourth-order valence-electron chi connectivity index (χ4n) is 2.50. The SMILES string of the molecule is Cc1cc(Cl)ccc1NC(=O)[C@@H](C)Oc1ccc2ccccc2c1. The van der Waals surface area contributed by atoms with Gasteiger partial charge in [0.15, 0.2) is 6.10 Å². The number of amides is 1. The molecule has 0 saturated heterocycles. The highest BCUT2D eigenvalue weighted by Crippen LogP contribution is 2.23. The highest BCUT2D eigenvalue weighted by atomic mass is 35.5. The number of halogens is 1.